The normalized spacial score (nSPS) is 15.5. The number of H-pyrrole nitrogens is 1. The van der Waals surface area contributed by atoms with E-state index in [1.807, 2.05) is 84.8 Å². The van der Waals surface area contributed by atoms with E-state index in [1.54, 1.807) is 12.5 Å². The maximum Gasteiger partial charge on any atom is 0.154 e. The van der Waals surface area contributed by atoms with Gasteiger partial charge in [0, 0.05) is 136 Å². The SMILES string of the molecule is Brc1ccc2c3c([nH]c2c1)CCSC3.CCO.Cl.Cn1c2c(c3ccc(Br)cc31)CS(=O)(=O)CC2.Cn1c2c(c3ccc(Br)cc31)CSCC2.NNc1cccc(Br)c1.O=C1CCSCC1. The average molecular weight is 1250 g/mol. The Bertz CT molecular complexity index is 2860. The Kier molecular flexibility index (Phi) is 22.0. The number of carbonyl (C=O) groups excluding carboxylic acids is 1. The standard InChI is InChI=1S/C12H12BrNO2S.C12H12BrNS.C11H10BrNS.C6H7BrN2.C5H8OS.C2H6O.ClH/c1-14-11-4-5-17(15,16)7-10(11)9-3-2-8(13)6-12(9)14;1-14-11-4-5-15-7-10(11)9-3-2-8(13)6-12(9)14;12-7-1-2-8-9-6-14-4-3-10(9)13-11(8)5-7;7-5-2-1-3-6(4-5)9-8;6-5-1-3-7-4-2-5;1-2-3;/h2-3,6H,4-5,7H2,1H3;2-3,6H,4-5,7H2,1H3;1-2,5,13H,3-4,6H2;1-4,9H,8H2;1-4H2;3H,2H2,1H3;1H. The molecule has 7 heterocycles. The quantitative estimate of drug-likeness (QED) is 0.0936. The zero-order chi connectivity index (χ0) is 46.7. The van der Waals surface area contributed by atoms with E-state index in [1.165, 1.54) is 73.3 Å². The molecule has 0 aliphatic carbocycles. The molecule has 3 aromatic heterocycles. The van der Waals surface area contributed by atoms with E-state index in [0.29, 0.717) is 12.2 Å². The van der Waals surface area contributed by atoms with Gasteiger partial charge in [0.25, 0.3) is 0 Å². The largest absolute Gasteiger partial charge is 0.397 e. The molecule has 5 N–H and O–H groups in total. The fraction of sp³-hybridized carbons (Fsp3) is 0.354. The Labute approximate surface area is 441 Å². The molecule has 4 aromatic carbocycles. The number of aryl methyl sites for hydroxylation is 3. The predicted molar refractivity (Wildman–Crippen MR) is 302 cm³/mol. The van der Waals surface area contributed by atoms with Crippen molar-refractivity contribution in [1.82, 2.24) is 14.1 Å². The number of hydrogen-bond acceptors (Lipinski definition) is 9. The van der Waals surface area contributed by atoms with Crippen molar-refractivity contribution >= 4 is 165 Å². The number of benzene rings is 4. The highest BCUT2D eigenvalue weighted by Gasteiger charge is 2.26. The maximum atomic E-state index is 11.7. The van der Waals surface area contributed by atoms with Gasteiger partial charge < -0.3 is 24.7 Å². The van der Waals surface area contributed by atoms with E-state index in [4.69, 9.17) is 10.9 Å². The van der Waals surface area contributed by atoms with Crippen LogP contribution in [0.4, 0.5) is 5.69 Å². The van der Waals surface area contributed by atoms with E-state index >= 15 is 0 Å². The lowest BCUT2D eigenvalue weighted by atomic mass is 10.1. The third-order valence-corrected chi connectivity index (χ3v) is 17.8. The van der Waals surface area contributed by atoms with E-state index in [2.05, 4.69) is 127 Å². The highest BCUT2D eigenvalue weighted by atomic mass is 79.9. The maximum absolute atomic E-state index is 11.7. The van der Waals surface area contributed by atoms with Crippen LogP contribution in [0.15, 0.2) is 96.8 Å². The van der Waals surface area contributed by atoms with Crippen molar-refractivity contribution in [2.24, 2.45) is 19.9 Å². The minimum absolute atomic E-state index is 0. The van der Waals surface area contributed by atoms with Crippen molar-refractivity contribution in [3.63, 3.8) is 0 Å². The van der Waals surface area contributed by atoms with Crippen LogP contribution in [0.25, 0.3) is 32.7 Å². The number of halogens is 5. The van der Waals surface area contributed by atoms with Gasteiger partial charge in [-0.1, -0.05) is 88.0 Å². The third-order valence-electron chi connectivity index (χ3n) is 11.3. The Balaban J connectivity index is 0.000000156. The zero-order valence-corrected chi connectivity index (χ0v) is 47.5. The molecule has 0 radical (unpaired) electrons. The van der Waals surface area contributed by atoms with Gasteiger partial charge in [-0.2, -0.15) is 35.3 Å². The Morgan fingerprint density at radius 3 is 1.76 bits per heavy atom. The number of nitrogens with two attached hydrogens (primary N) is 1. The number of nitrogens with zero attached hydrogens (tertiary/aromatic N) is 2. The molecule has 4 aliphatic heterocycles. The summed E-state index contributed by atoms with van der Waals surface area (Å²) in [5.74, 6) is 13.0. The van der Waals surface area contributed by atoms with Gasteiger partial charge in [0.15, 0.2) is 9.84 Å². The number of sulfone groups is 1. The van der Waals surface area contributed by atoms with Crippen molar-refractivity contribution in [1.29, 1.82) is 0 Å². The number of nitrogens with one attached hydrogen (secondary N) is 2. The number of thioether (sulfide) groups is 3. The lowest BCUT2D eigenvalue weighted by Crippen LogP contribution is -2.19. The van der Waals surface area contributed by atoms with Crippen LogP contribution in [0.2, 0.25) is 0 Å². The van der Waals surface area contributed by atoms with Crippen LogP contribution in [0, 0.1) is 0 Å². The number of rotatable bonds is 1. The minimum atomic E-state index is -2.91. The second-order valence-corrected chi connectivity index (χ2v) is 24.9. The molecular formula is C48H56Br4ClN5O4S4. The predicted octanol–water partition coefficient (Wildman–Crippen LogP) is 13.1. The van der Waals surface area contributed by atoms with E-state index < -0.39 is 9.84 Å². The van der Waals surface area contributed by atoms with Crippen molar-refractivity contribution in [3.8, 4) is 0 Å². The zero-order valence-electron chi connectivity index (χ0n) is 37.1. The molecule has 7 aromatic rings. The molecule has 0 amide bonds. The number of aromatic amines is 1. The van der Waals surface area contributed by atoms with Crippen LogP contribution < -0.4 is 11.3 Å². The second kappa shape index (κ2) is 26.3. The van der Waals surface area contributed by atoms with Crippen LogP contribution in [0.3, 0.4) is 0 Å². The molecule has 11 rings (SSSR count). The smallest absolute Gasteiger partial charge is 0.154 e. The summed E-state index contributed by atoms with van der Waals surface area (Å²) in [7, 11) is 1.28. The number of hydrazine groups is 1. The molecule has 18 heteroatoms. The molecule has 1 saturated heterocycles. The van der Waals surface area contributed by atoms with Gasteiger partial charge in [-0.05, 0) is 103 Å². The highest BCUT2D eigenvalue weighted by Crippen LogP contribution is 2.36. The summed E-state index contributed by atoms with van der Waals surface area (Å²) in [6.45, 7) is 1.93. The fourth-order valence-electron chi connectivity index (χ4n) is 8.12. The number of ketones is 1. The lowest BCUT2D eigenvalue weighted by Gasteiger charge is -2.14. The Hall–Kier alpha value is -1.90. The molecule has 9 nitrogen and oxygen atoms in total. The number of Topliss-reactive ketones (excluding diaryl/α,β-unsaturated/α-hetero) is 1. The van der Waals surface area contributed by atoms with Gasteiger partial charge in [-0.25, -0.2) is 8.42 Å². The Morgan fingerprint density at radius 2 is 1.20 bits per heavy atom. The summed E-state index contributed by atoms with van der Waals surface area (Å²) in [6, 6.07) is 26.8. The van der Waals surface area contributed by atoms with Crippen LogP contribution in [0.5, 0.6) is 0 Å². The number of anilines is 1. The molecular weight excluding hydrogens is 1190 g/mol. The molecule has 1 fully saturated rings. The lowest BCUT2D eigenvalue weighted by molar-refractivity contribution is -0.118. The Morgan fingerprint density at radius 1 is 0.682 bits per heavy atom. The molecule has 4 aliphatic rings. The van der Waals surface area contributed by atoms with Crippen molar-refractivity contribution in [2.45, 2.75) is 56.3 Å². The van der Waals surface area contributed by atoms with Gasteiger partial charge in [0.1, 0.15) is 5.78 Å². The first-order valence-corrected chi connectivity index (χ1v) is 29.8. The fourth-order valence-corrected chi connectivity index (χ4v) is 14.0. The second-order valence-electron chi connectivity index (χ2n) is 15.6. The third kappa shape index (κ3) is 14.6. The van der Waals surface area contributed by atoms with Crippen LogP contribution in [-0.2, 0) is 65.2 Å². The van der Waals surface area contributed by atoms with Crippen LogP contribution in [-0.4, -0.2) is 68.8 Å². The monoisotopic (exact) mass is 1240 g/mol. The van der Waals surface area contributed by atoms with Crippen molar-refractivity contribution in [3.05, 3.63) is 131 Å². The van der Waals surface area contributed by atoms with Crippen molar-refractivity contribution in [2.75, 3.05) is 40.8 Å². The summed E-state index contributed by atoms with van der Waals surface area (Å²) in [6.07, 6.45) is 4.64. The summed E-state index contributed by atoms with van der Waals surface area (Å²) >= 11 is 19.8. The first-order valence-electron chi connectivity index (χ1n) is 21.3. The number of hydrogen-bond donors (Lipinski definition) is 4. The minimum Gasteiger partial charge on any atom is -0.397 e. The van der Waals surface area contributed by atoms with Gasteiger partial charge in [0.05, 0.1) is 11.5 Å². The number of carbonyl (C=O) groups is 1. The summed E-state index contributed by atoms with van der Waals surface area (Å²) < 4.78 is 32.3. The number of fused-ring (bicyclic) bond motifs is 9. The first kappa shape index (κ1) is 55.0. The van der Waals surface area contributed by atoms with Gasteiger partial charge in [0.2, 0.25) is 0 Å². The molecule has 356 valence electrons. The molecule has 0 atom stereocenters. The summed E-state index contributed by atoms with van der Waals surface area (Å²) in [5.41, 5.74) is 15.4. The number of aliphatic hydroxyl groups excluding tert-OH is 1. The highest BCUT2D eigenvalue weighted by molar-refractivity contribution is 9.11. The van der Waals surface area contributed by atoms with Crippen molar-refractivity contribution < 1.29 is 18.3 Å². The molecule has 0 unspecified atom stereocenters. The van der Waals surface area contributed by atoms with Crippen LogP contribution >= 0.6 is 111 Å². The van der Waals surface area contributed by atoms with Crippen LogP contribution in [0.1, 0.15) is 53.5 Å². The molecule has 0 saturated carbocycles. The number of aliphatic hydroxyl groups is 1. The molecule has 0 spiro atoms. The van der Waals surface area contributed by atoms with E-state index in [0.717, 1.165) is 71.4 Å². The number of aromatic nitrogens is 3. The van der Waals surface area contributed by atoms with Gasteiger partial charge >= 0.3 is 0 Å². The first-order chi connectivity index (χ1) is 31.2. The van der Waals surface area contributed by atoms with Gasteiger partial charge in [-0.3, -0.25) is 10.6 Å². The summed E-state index contributed by atoms with van der Waals surface area (Å²) in [5, 5.41) is 11.5. The summed E-state index contributed by atoms with van der Waals surface area (Å²) in [4.78, 5) is 14.0. The number of nitrogen functional groups attached to an aromatic ring is 1. The molecule has 0 bridgehead atoms. The van der Waals surface area contributed by atoms with Gasteiger partial charge in [-0.15, -0.1) is 12.4 Å². The topological polar surface area (TPSA) is 135 Å². The average Bonchev–Trinajstić information content (AvgIpc) is 3.90. The van der Waals surface area contributed by atoms with E-state index in [9.17, 15) is 13.2 Å². The molecule has 66 heavy (non-hydrogen) atoms. The van der Waals surface area contributed by atoms with E-state index in [-0.39, 0.29) is 30.5 Å².